The fourth-order valence-electron chi connectivity index (χ4n) is 3.24. The molecule has 0 fully saturated rings. The van der Waals surface area contributed by atoms with Crippen molar-refractivity contribution in [2.75, 3.05) is 12.4 Å². The van der Waals surface area contributed by atoms with Gasteiger partial charge in [-0.05, 0) is 41.3 Å². The van der Waals surface area contributed by atoms with E-state index in [0.717, 1.165) is 5.56 Å². The molecule has 3 aromatic carbocycles. The lowest BCUT2D eigenvalue weighted by molar-refractivity contribution is 0.0698. The van der Waals surface area contributed by atoms with Crippen molar-refractivity contribution in [2.45, 2.75) is 26.2 Å². The van der Waals surface area contributed by atoms with Crippen LogP contribution in [0.3, 0.4) is 0 Å². The summed E-state index contributed by atoms with van der Waals surface area (Å²) in [6, 6.07) is 17.3. The summed E-state index contributed by atoms with van der Waals surface area (Å²) in [6.07, 6.45) is 0. The Morgan fingerprint density at radius 1 is 0.968 bits per heavy atom. The van der Waals surface area contributed by atoms with Gasteiger partial charge in [0, 0.05) is 16.7 Å². The van der Waals surface area contributed by atoms with Gasteiger partial charge in [-0.2, -0.15) is 0 Å². The quantitative estimate of drug-likeness (QED) is 0.493. The van der Waals surface area contributed by atoms with Crippen molar-refractivity contribution in [3.63, 3.8) is 0 Å². The molecule has 31 heavy (non-hydrogen) atoms. The van der Waals surface area contributed by atoms with Crippen LogP contribution in [-0.2, 0) is 5.41 Å². The summed E-state index contributed by atoms with van der Waals surface area (Å²) in [5.74, 6) is -1.02. The molecule has 6 heteroatoms. The van der Waals surface area contributed by atoms with Gasteiger partial charge in [-0.1, -0.05) is 62.7 Å². The summed E-state index contributed by atoms with van der Waals surface area (Å²) in [5.41, 5.74) is 2.71. The predicted molar refractivity (Wildman–Crippen MR) is 123 cm³/mol. The molecule has 0 aliphatic rings. The number of amides is 1. The Labute approximate surface area is 186 Å². The lowest BCUT2D eigenvalue weighted by Gasteiger charge is -2.19. The first-order valence-corrected chi connectivity index (χ1v) is 10.1. The molecule has 160 valence electrons. The van der Waals surface area contributed by atoms with Crippen molar-refractivity contribution in [3.05, 3.63) is 82.4 Å². The molecule has 2 N–H and O–H groups in total. The van der Waals surface area contributed by atoms with Crippen LogP contribution in [0.2, 0.25) is 5.02 Å². The average Bonchev–Trinajstić information content (AvgIpc) is 2.73. The summed E-state index contributed by atoms with van der Waals surface area (Å²) < 4.78 is 5.37. The van der Waals surface area contributed by atoms with Gasteiger partial charge in [0.1, 0.15) is 5.75 Å². The third-order valence-electron chi connectivity index (χ3n) is 5.00. The Bertz CT molecular complexity index is 1130. The number of methoxy groups -OCH3 is 1. The highest BCUT2D eigenvalue weighted by Gasteiger charge is 2.20. The number of hydrogen-bond acceptors (Lipinski definition) is 3. The van der Waals surface area contributed by atoms with E-state index in [1.54, 1.807) is 24.3 Å². The van der Waals surface area contributed by atoms with Crippen LogP contribution in [0.5, 0.6) is 5.75 Å². The number of carboxylic acid groups (broad SMARTS) is 1. The highest BCUT2D eigenvalue weighted by atomic mass is 35.5. The van der Waals surface area contributed by atoms with Gasteiger partial charge in [-0.3, -0.25) is 4.79 Å². The minimum absolute atomic E-state index is 0.0344. The molecule has 0 aliphatic carbocycles. The standard InChI is InChI=1S/C25H24ClNO4/c1-25(2,3)16-11-9-15(10-12-16)23(28)27-21-14-20(26)18(13-19(21)24(29)30)17-7-5-6-8-22(17)31-4/h5-14H,1-4H3,(H,27,28)(H,29,30). The number of rotatable bonds is 5. The first-order valence-electron chi connectivity index (χ1n) is 9.74. The fourth-order valence-corrected chi connectivity index (χ4v) is 3.51. The van der Waals surface area contributed by atoms with E-state index in [1.807, 2.05) is 24.3 Å². The summed E-state index contributed by atoms with van der Waals surface area (Å²) in [6.45, 7) is 6.27. The van der Waals surface area contributed by atoms with E-state index >= 15 is 0 Å². The zero-order valence-electron chi connectivity index (χ0n) is 17.8. The van der Waals surface area contributed by atoms with Gasteiger partial charge in [0.15, 0.2) is 0 Å². The molecule has 1 amide bonds. The Morgan fingerprint density at radius 3 is 2.19 bits per heavy atom. The molecular formula is C25H24ClNO4. The Morgan fingerprint density at radius 2 is 1.61 bits per heavy atom. The number of para-hydroxylation sites is 1. The van der Waals surface area contributed by atoms with E-state index in [2.05, 4.69) is 26.1 Å². The molecule has 0 aliphatic heterocycles. The minimum atomic E-state index is -1.17. The summed E-state index contributed by atoms with van der Waals surface area (Å²) in [5, 5.41) is 12.7. The lowest BCUT2D eigenvalue weighted by Crippen LogP contribution is -2.16. The van der Waals surface area contributed by atoms with Crippen LogP contribution in [0.25, 0.3) is 11.1 Å². The number of ether oxygens (including phenoxy) is 1. The highest BCUT2D eigenvalue weighted by molar-refractivity contribution is 6.34. The first kappa shape index (κ1) is 22.4. The van der Waals surface area contributed by atoms with Crippen LogP contribution in [0.4, 0.5) is 5.69 Å². The second kappa shape index (κ2) is 8.82. The third kappa shape index (κ3) is 4.89. The van der Waals surface area contributed by atoms with Gasteiger partial charge in [0.2, 0.25) is 0 Å². The largest absolute Gasteiger partial charge is 0.496 e. The number of nitrogens with one attached hydrogen (secondary N) is 1. The number of hydrogen-bond donors (Lipinski definition) is 2. The van der Waals surface area contributed by atoms with Gasteiger partial charge in [0.05, 0.1) is 23.4 Å². The predicted octanol–water partition coefficient (Wildman–Crippen LogP) is 6.26. The van der Waals surface area contributed by atoms with Crippen LogP contribution >= 0.6 is 11.6 Å². The number of carboxylic acids is 1. The number of anilines is 1. The third-order valence-corrected chi connectivity index (χ3v) is 5.31. The number of carbonyl (C=O) groups is 2. The molecular weight excluding hydrogens is 414 g/mol. The topological polar surface area (TPSA) is 75.6 Å². The second-order valence-corrected chi connectivity index (χ2v) is 8.57. The number of aromatic carboxylic acids is 1. The molecule has 0 atom stereocenters. The van der Waals surface area contributed by atoms with Crippen LogP contribution in [0.1, 0.15) is 47.1 Å². The monoisotopic (exact) mass is 437 g/mol. The molecule has 0 radical (unpaired) electrons. The fraction of sp³-hybridized carbons (Fsp3) is 0.200. The molecule has 0 heterocycles. The zero-order chi connectivity index (χ0) is 22.8. The molecule has 0 saturated carbocycles. The van der Waals surface area contributed by atoms with Crippen LogP contribution in [0, 0.1) is 0 Å². The Balaban J connectivity index is 1.97. The zero-order valence-corrected chi connectivity index (χ0v) is 18.6. The second-order valence-electron chi connectivity index (χ2n) is 8.16. The van der Waals surface area contributed by atoms with E-state index in [1.165, 1.54) is 19.2 Å². The van der Waals surface area contributed by atoms with Gasteiger partial charge in [-0.15, -0.1) is 0 Å². The van der Waals surface area contributed by atoms with Crippen LogP contribution in [0.15, 0.2) is 60.7 Å². The van der Waals surface area contributed by atoms with Gasteiger partial charge < -0.3 is 15.2 Å². The smallest absolute Gasteiger partial charge is 0.337 e. The Kier molecular flexibility index (Phi) is 6.37. The molecule has 0 spiro atoms. The maximum Gasteiger partial charge on any atom is 0.337 e. The summed E-state index contributed by atoms with van der Waals surface area (Å²) >= 11 is 6.47. The molecule has 3 aromatic rings. The van der Waals surface area contributed by atoms with Gasteiger partial charge in [-0.25, -0.2) is 4.79 Å². The van der Waals surface area contributed by atoms with Crippen molar-refractivity contribution < 1.29 is 19.4 Å². The summed E-state index contributed by atoms with van der Waals surface area (Å²) in [7, 11) is 1.53. The maximum atomic E-state index is 12.7. The summed E-state index contributed by atoms with van der Waals surface area (Å²) in [4.78, 5) is 24.7. The normalized spacial score (nSPS) is 11.1. The molecule has 0 saturated heterocycles. The van der Waals surface area contributed by atoms with Crippen LogP contribution in [-0.4, -0.2) is 24.1 Å². The number of halogens is 1. The minimum Gasteiger partial charge on any atom is -0.496 e. The van der Waals surface area contributed by atoms with E-state index in [0.29, 0.717) is 27.5 Å². The van der Waals surface area contributed by atoms with E-state index in [-0.39, 0.29) is 16.7 Å². The average molecular weight is 438 g/mol. The Hall–Kier alpha value is -3.31. The van der Waals surface area contributed by atoms with E-state index in [4.69, 9.17) is 16.3 Å². The maximum absolute atomic E-state index is 12.7. The van der Waals surface area contributed by atoms with Crippen LogP contribution < -0.4 is 10.1 Å². The van der Waals surface area contributed by atoms with Crippen molar-refractivity contribution in [2.24, 2.45) is 0 Å². The first-order chi connectivity index (χ1) is 14.6. The van der Waals surface area contributed by atoms with E-state index < -0.39 is 11.9 Å². The SMILES string of the molecule is COc1ccccc1-c1cc(C(=O)O)c(NC(=O)c2ccc(C(C)(C)C)cc2)cc1Cl. The van der Waals surface area contributed by atoms with Gasteiger partial charge in [0.25, 0.3) is 5.91 Å². The number of benzene rings is 3. The molecule has 5 nitrogen and oxygen atoms in total. The number of carbonyl (C=O) groups excluding carboxylic acids is 1. The molecule has 0 aromatic heterocycles. The van der Waals surface area contributed by atoms with Crippen molar-refractivity contribution in [1.29, 1.82) is 0 Å². The molecule has 0 bridgehead atoms. The highest BCUT2D eigenvalue weighted by Crippen LogP contribution is 2.38. The van der Waals surface area contributed by atoms with Crippen molar-refractivity contribution in [3.8, 4) is 16.9 Å². The van der Waals surface area contributed by atoms with Crippen molar-refractivity contribution >= 4 is 29.2 Å². The molecule has 3 rings (SSSR count). The van der Waals surface area contributed by atoms with Crippen molar-refractivity contribution in [1.82, 2.24) is 0 Å². The van der Waals surface area contributed by atoms with E-state index in [9.17, 15) is 14.7 Å². The lowest BCUT2D eigenvalue weighted by atomic mass is 9.86. The van der Waals surface area contributed by atoms with Gasteiger partial charge >= 0.3 is 5.97 Å². The molecule has 0 unspecified atom stereocenters.